The van der Waals surface area contributed by atoms with Crippen LogP contribution in [0.5, 0.6) is 0 Å². The number of nitrogens with one attached hydrogen (secondary N) is 1. The van der Waals surface area contributed by atoms with Crippen molar-refractivity contribution < 1.29 is 9.90 Å². The van der Waals surface area contributed by atoms with Gasteiger partial charge in [0.05, 0.1) is 18.0 Å². The fourth-order valence-corrected chi connectivity index (χ4v) is 2.06. The van der Waals surface area contributed by atoms with Gasteiger partial charge in [0.1, 0.15) is 0 Å². The van der Waals surface area contributed by atoms with Crippen molar-refractivity contribution in [2.24, 2.45) is 0 Å². The lowest BCUT2D eigenvalue weighted by Gasteiger charge is -2.11. The zero-order chi connectivity index (χ0) is 16.1. The zero-order valence-corrected chi connectivity index (χ0v) is 12.2. The molecule has 2 N–H and O–H groups in total. The third kappa shape index (κ3) is 3.58. The average molecular weight is 309 g/mol. The molecule has 0 aliphatic heterocycles. The van der Waals surface area contributed by atoms with Gasteiger partial charge in [-0.15, -0.1) is 5.10 Å². The van der Waals surface area contributed by atoms with Crippen LogP contribution in [0.3, 0.4) is 0 Å². The molecule has 116 valence electrons. The molecule has 23 heavy (non-hydrogen) atoms. The van der Waals surface area contributed by atoms with Crippen LogP contribution >= 0.6 is 0 Å². The number of carbonyl (C=O) groups is 1. The van der Waals surface area contributed by atoms with E-state index in [4.69, 9.17) is 0 Å². The van der Waals surface area contributed by atoms with Gasteiger partial charge >= 0.3 is 0 Å². The summed E-state index contributed by atoms with van der Waals surface area (Å²) < 4.78 is 1.49. The molecule has 2 aromatic heterocycles. The molecule has 0 bridgehead atoms. The molecule has 3 aromatic rings. The highest BCUT2D eigenvalue weighted by Crippen LogP contribution is 2.11. The largest absolute Gasteiger partial charge is 0.387 e. The topological polar surface area (TPSA) is 92.9 Å². The van der Waals surface area contributed by atoms with Crippen LogP contribution in [0.2, 0.25) is 0 Å². The number of aliphatic hydroxyl groups is 1. The Morgan fingerprint density at radius 3 is 2.65 bits per heavy atom. The molecule has 3 rings (SSSR count). The number of aromatic nitrogens is 4. The molecule has 1 atom stereocenters. The van der Waals surface area contributed by atoms with E-state index in [1.165, 1.54) is 10.9 Å². The lowest BCUT2D eigenvalue weighted by molar-refractivity contribution is 0.0911. The number of hydrogen-bond donors (Lipinski definition) is 2. The van der Waals surface area contributed by atoms with Gasteiger partial charge in [-0.25, -0.2) is 4.68 Å². The molecule has 2 heterocycles. The summed E-state index contributed by atoms with van der Waals surface area (Å²) in [7, 11) is 0. The fourth-order valence-electron chi connectivity index (χ4n) is 2.06. The van der Waals surface area contributed by atoms with Gasteiger partial charge in [-0.05, 0) is 17.7 Å². The minimum Gasteiger partial charge on any atom is -0.387 e. The van der Waals surface area contributed by atoms with Crippen LogP contribution in [0.25, 0.3) is 5.69 Å². The van der Waals surface area contributed by atoms with E-state index in [1.807, 2.05) is 18.2 Å². The van der Waals surface area contributed by atoms with Crippen molar-refractivity contribution in [3.8, 4) is 5.69 Å². The van der Waals surface area contributed by atoms with Crippen LogP contribution in [0.1, 0.15) is 22.2 Å². The van der Waals surface area contributed by atoms with Crippen LogP contribution in [-0.4, -0.2) is 37.5 Å². The van der Waals surface area contributed by atoms with Gasteiger partial charge < -0.3 is 10.4 Å². The Hall–Kier alpha value is -3.06. The minimum atomic E-state index is -0.768. The summed E-state index contributed by atoms with van der Waals surface area (Å²) in [6.45, 7) is 0.102. The predicted molar refractivity (Wildman–Crippen MR) is 82.9 cm³/mol. The highest BCUT2D eigenvalue weighted by atomic mass is 16.3. The zero-order valence-electron chi connectivity index (χ0n) is 12.2. The summed E-state index contributed by atoms with van der Waals surface area (Å²) in [5.74, 6) is -0.389. The first-order chi connectivity index (χ1) is 11.2. The number of pyridine rings is 1. The Morgan fingerprint density at radius 2 is 1.91 bits per heavy atom. The van der Waals surface area contributed by atoms with E-state index in [1.54, 1.807) is 36.7 Å². The predicted octanol–water partition coefficient (Wildman–Crippen LogP) is 1.13. The first-order valence-corrected chi connectivity index (χ1v) is 7.08. The summed E-state index contributed by atoms with van der Waals surface area (Å²) >= 11 is 0. The van der Waals surface area contributed by atoms with E-state index < -0.39 is 6.10 Å². The molecule has 0 fully saturated rings. The van der Waals surface area contributed by atoms with Crippen LogP contribution in [0, 0.1) is 0 Å². The first kappa shape index (κ1) is 14.9. The highest BCUT2D eigenvalue weighted by Gasteiger charge is 2.14. The number of rotatable bonds is 5. The molecular formula is C16H15N5O2. The number of aliphatic hydroxyl groups excluding tert-OH is 1. The molecule has 1 amide bonds. The number of hydrogen-bond acceptors (Lipinski definition) is 5. The molecule has 0 aliphatic carbocycles. The van der Waals surface area contributed by atoms with Crippen molar-refractivity contribution in [3.63, 3.8) is 0 Å². The van der Waals surface area contributed by atoms with E-state index in [0.29, 0.717) is 0 Å². The second-order valence-electron chi connectivity index (χ2n) is 4.89. The Morgan fingerprint density at radius 1 is 1.17 bits per heavy atom. The van der Waals surface area contributed by atoms with Gasteiger partial charge in [-0.1, -0.05) is 35.5 Å². The van der Waals surface area contributed by atoms with E-state index in [2.05, 4.69) is 20.6 Å². The van der Waals surface area contributed by atoms with Gasteiger partial charge in [0, 0.05) is 18.9 Å². The smallest absolute Gasteiger partial charge is 0.273 e. The average Bonchev–Trinajstić information content (AvgIpc) is 3.11. The maximum absolute atomic E-state index is 12.1. The monoisotopic (exact) mass is 309 g/mol. The molecule has 1 aromatic carbocycles. The molecule has 7 heteroatoms. The first-order valence-electron chi connectivity index (χ1n) is 7.08. The number of amides is 1. The number of benzene rings is 1. The van der Waals surface area contributed by atoms with Gasteiger partial charge in [0.2, 0.25) is 0 Å². The molecule has 0 saturated carbocycles. The molecular weight excluding hydrogens is 294 g/mol. The molecule has 0 saturated heterocycles. The molecule has 0 aliphatic rings. The number of carbonyl (C=O) groups excluding carboxylic acids is 1. The fraction of sp³-hybridized carbons (Fsp3) is 0.125. The molecule has 0 radical (unpaired) electrons. The Bertz CT molecular complexity index is 773. The lowest BCUT2D eigenvalue weighted by Crippen LogP contribution is -2.28. The molecule has 0 unspecified atom stereocenters. The minimum absolute atomic E-state index is 0.102. The van der Waals surface area contributed by atoms with Crippen molar-refractivity contribution in [3.05, 3.63) is 72.3 Å². The van der Waals surface area contributed by atoms with Gasteiger partial charge in [-0.3, -0.25) is 9.78 Å². The summed E-state index contributed by atoms with van der Waals surface area (Å²) in [5, 5.41) is 20.4. The van der Waals surface area contributed by atoms with E-state index in [-0.39, 0.29) is 18.1 Å². The van der Waals surface area contributed by atoms with Crippen molar-refractivity contribution in [2.75, 3.05) is 6.54 Å². The maximum Gasteiger partial charge on any atom is 0.273 e. The third-order valence-corrected chi connectivity index (χ3v) is 3.29. The summed E-state index contributed by atoms with van der Waals surface area (Å²) in [5.41, 5.74) is 1.69. The Kier molecular flexibility index (Phi) is 4.39. The van der Waals surface area contributed by atoms with Crippen LogP contribution in [-0.2, 0) is 0 Å². The SMILES string of the molecule is O=C(NC[C@@H](O)c1ccccc1)c1cn(-c2ccncc2)nn1. The van der Waals surface area contributed by atoms with Gasteiger partial charge in [0.15, 0.2) is 5.69 Å². The molecule has 7 nitrogen and oxygen atoms in total. The van der Waals surface area contributed by atoms with E-state index >= 15 is 0 Å². The molecule has 0 spiro atoms. The van der Waals surface area contributed by atoms with Crippen molar-refractivity contribution in [1.29, 1.82) is 0 Å². The summed E-state index contributed by atoms with van der Waals surface area (Å²) in [6.07, 6.45) is 4.02. The second kappa shape index (κ2) is 6.80. The normalized spacial score (nSPS) is 11.9. The number of nitrogens with zero attached hydrogens (tertiary/aromatic N) is 4. The van der Waals surface area contributed by atoms with Crippen LogP contribution in [0.4, 0.5) is 0 Å². The Balaban J connectivity index is 1.62. The quantitative estimate of drug-likeness (QED) is 0.737. The van der Waals surface area contributed by atoms with Crippen molar-refractivity contribution in [2.45, 2.75) is 6.10 Å². The van der Waals surface area contributed by atoms with Crippen LogP contribution in [0.15, 0.2) is 61.1 Å². The van der Waals surface area contributed by atoms with E-state index in [9.17, 15) is 9.90 Å². The summed E-state index contributed by atoms with van der Waals surface area (Å²) in [4.78, 5) is 16.0. The van der Waals surface area contributed by atoms with Gasteiger partial charge in [-0.2, -0.15) is 0 Å². The second-order valence-corrected chi connectivity index (χ2v) is 4.89. The van der Waals surface area contributed by atoms with Crippen LogP contribution < -0.4 is 5.32 Å². The maximum atomic E-state index is 12.1. The lowest BCUT2D eigenvalue weighted by atomic mass is 10.1. The standard InChI is InChI=1S/C16H15N5O2/c22-15(12-4-2-1-3-5-12)10-18-16(23)14-11-21(20-19-14)13-6-8-17-9-7-13/h1-9,11,15,22H,10H2,(H,18,23)/t15-/m1/s1. The third-order valence-electron chi connectivity index (χ3n) is 3.29. The highest BCUT2D eigenvalue weighted by molar-refractivity contribution is 5.91. The summed E-state index contributed by atoms with van der Waals surface area (Å²) in [6, 6.07) is 12.7. The Labute approximate surface area is 132 Å². The van der Waals surface area contributed by atoms with Crippen molar-refractivity contribution in [1.82, 2.24) is 25.3 Å². The van der Waals surface area contributed by atoms with E-state index in [0.717, 1.165) is 11.3 Å². The van der Waals surface area contributed by atoms with Crippen molar-refractivity contribution >= 4 is 5.91 Å². The van der Waals surface area contributed by atoms with Gasteiger partial charge in [0.25, 0.3) is 5.91 Å².